The van der Waals surface area contributed by atoms with Crippen molar-refractivity contribution in [2.45, 2.75) is 0 Å². The van der Waals surface area contributed by atoms with Gasteiger partial charge in [-0.2, -0.15) is 0 Å². The molecule has 0 radical (unpaired) electrons. The van der Waals surface area contributed by atoms with Crippen molar-refractivity contribution in [1.82, 2.24) is 19.5 Å². The van der Waals surface area contributed by atoms with Gasteiger partial charge in [0.05, 0.1) is 21.7 Å². The van der Waals surface area contributed by atoms with E-state index in [4.69, 9.17) is 26.6 Å². The quantitative estimate of drug-likeness (QED) is 0.239. The number of para-hydroxylation sites is 2. The molecule has 180 valence electrons. The highest BCUT2D eigenvalue weighted by molar-refractivity contribution is 6.33. The van der Waals surface area contributed by atoms with Crippen molar-refractivity contribution in [3.63, 3.8) is 0 Å². The Labute approximate surface area is 224 Å². The van der Waals surface area contributed by atoms with Crippen LogP contribution in [-0.4, -0.2) is 19.5 Å². The molecule has 5 aromatic carbocycles. The molecule has 0 unspecified atom stereocenters. The Morgan fingerprint density at radius 3 is 1.39 bits per heavy atom. The molecule has 7 aromatic rings. The van der Waals surface area contributed by atoms with Crippen LogP contribution < -0.4 is 0 Å². The monoisotopic (exact) mass is 508 g/mol. The number of hydrogen-bond donors (Lipinski definition) is 0. The minimum atomic E-state index is 0.577. The molecular formula is C33H21ClN4. The number of nitrogens with zero attached hydrogens (tertiary/aromatic N) is 4. The molecule has 0 aliphatic heterocycles. The van der Waals surface area contributed by atoms with E-state index in [0.717, 1.165) is 33.4 Å². The zero-order valence-electron chi connectivity index (χ0n) is 20.3. The van der Waals surface area contributed by atoms with E-state index in [1.807, 2.05) is 78.9 Å². The predicted molar refractivity (Wildman–Crippen MR) is 155 cm³/mol. The van der Waals surface area contributed by atoms with Crippen LogP contribution in [0, 0.1) is 0 Å². The minimum Gasteiger partial charge on any atom is -0.308 e. The molecule has 0 saturated heterocycles. The van der Waals surface area contributed by atoms with Gasteiger partial charge in [-0.05, 0) is 30.3 Å². The van der Waals surface area contributed by atoms with Crippen molar-refractivity contribution in [2.75, 3.05) is 0 Å². The van der Waals surface area contributed by atoms with Crippen LogP contribution in [0.4, 0.5) is 0 Å². The van der Waals surface area contributed by atoms with Gasteiger partial charge in [-0.25, -0.2) is 15.0 Å². The molecule has 0 N–H and O–H groups in total. The first-order valence-corrected chi connectivity index (χ1v) is 12.8. The van der Waals surface area contributed by atoms with E-state index in [0.29, 0.717) is 22.5 Å². The molecule has 7 rings (SSSR count). The van der Waals surface area contributed by atoms with Crippen molar-refractivity contribution in [2.24, 2.45) is 0 Å². The van der Waals surface area contributed by atoms with Crippen LogP contribution in [0.1, 0.15) is 0 Å². The third-order valence-electron chi connectivity index (χ3n) is 6.73. The maximum Gasteiger partial charge on any atom is 0.164 e. The van der Waals surface area contributed by atoms with Crippen LogP contribution in [0.2, 0.25) is 5.02 Å². The van der Waals surface area contributed by atoms with Gasteiger partial charge in [-0.3, -0.25) is 0 Å². The van der Waals surface area contributed by atoms with Gasteiger partial charge in [0, 0.05) is 27.5 Å². The summed E-state index contributed by atoms with van der Waals surface area (Å²) in [6.07, 6.45) is 0. The van der Waals surface area contributed by atoms with E-state index < -0.39 is 0 Å². The Balaban J connectivity index is 1.40. The molecule has 2 heterocycles. The molecule has 0 aliphatic rings. The maximum atomic E-state index is 6.99. The van der Waals surface area contributed by atoms with Crippen LogP contribution in [-0.2, 0) is 0 Å². The Bertz CT molecular complexity index is 1820. The van der Waals surface area contributed by atoms with E-state index in [9.17, 15) is 0 Å². The Kier molecular flexibility index (Phi) is 5.46. The SMILES string of the molecule is Clc1cc(-c2nc(-c3ccccc3)nc(-c3ccccc3)n2)ccc1-n1c2ccccc2c2ccccc21. The van der Waals surface area contributed by atoms with Crippen LogP contribution in [0.3, 0.4) is 0 Å². The fourth-order valence-corrected chi connectivity index (χ4v) is 5.21. The molecule has 38 heavy (non-hydrogen) atoms. The van der Waals surface area contributed by atoms with Crippen molar-refractivity contribution in [3.05, 3.63) is 132 Å². The third kappa shape index (κ3) is 3.83. The Morgan fingerprint density at radius 1 is 0.447 bits per heavy atom. The van der Waals surface area contributed by atoms with Crippen LogP contribution >= 0.6 is 11.6 Å². The highest BCUT2D eigenvalue weighted by Gasteiger charge is 2.16. The van der Waals surface area contributed by atoms with Gasteiger partial charge in [-0.1, -0.05) is 109 Å². The van der Waals surface area contributed by atoms with Gasteiger partial charge in [0.1, 0.15) is 0 Å². The first-order chi connectivity index (χ1) is 18.8. The lowest BCUT2D eigenvalue weighted by atomic mass is 10.1. The normalized spacial score (nSPS) is 11.3. The molecule has 2 aromatic heterocycles. The minimum absolute atomic E-state index is 0.577. The van der Waals surface area contributed by atoms with Crippen molar-refractivity contribution in [1.29, 1.82) is 0 Å². The van der Waals surface area contributed by atoms with E-state index in [1.165, 1.54) is 10.8 Å². The van der Waals surface area contributed by atoms with Gasteiger partial charge < -0.3 is 4.57 Å². The summed E-state index contributed by atoms with van der Waals surface area (Å²) in [6, 6.07) is 42.8. The van der Waals surface area contributed by atoms with E-state index >= 15 is 0 Å². The summed E-state index contributed by atoms with van der Waals surface area (Å²) >= 11 is 6.99. The lowest BCUT2D eigenvalue weighted by Gasteiger charge is -2.12. The average Bonchev–Trinajstić information content (AvgIpc) is 3.32. The van der Waals surface area contributed by atoms with Crippen molar-refractivity contribution in [3.8, 4) is 39.9 Å². The second kappa shape index (κ2) is 9.25. The zero-order chi connectivity index (χ0) is 25.5. The van der Waals surface area contributed by atoms with Crippen molar-refractivity contribution < 1.29 is 0 Å². The molecule has 0 spiro atoms. The summed E-state index contributed by atoms with van der Waals surface area (Å²) in [6.45, 7) is 0. The standard InChI is InChI=1S/C33H21ClN4/c34-27-21-24(19-20-30(27)38-28-17-9-7-15-25(28)26-16-8-10-18-29(26)38)33-36-31(22-11-3-1-4-12-22)35-32(37-33)23-13-5-2-6-14-23/h1-21H. The van der Waals surface area contributed by atoms with Gasteiger partial charge in [0.2, 0.25) is 0 Å². The highest BCUT2D eigenvalue weighted by Crippen LogP contribution is 2.36. The lowest BCUT2D eigenvalue weighted by molar-refractivity contribution is 1.07. The summed E-state index contributed by atoms with van der Waals surface area (Å²) in [5.41, 5.74) is 5.83. The zero-order valence-corrected chi connectivity index (χ0v) is 21.0. The number of aromatic nitrogens is 4. The Morgan fingerprint density at radius 2 is 0.895 bits per heavy atom. The lowest BCUT2D eigenvalue weighted by Crippen LogP contribution is -2.01. The molecule has 0 fully saturated rings. The largest absolute Gasteiger partial charge is 0.308 e. The molecule has 0 amide bonds. The van der Waals surface area contributed by atoms with Crippen LogP contribution in [0.5, 0.6) is 0 Å². The smallest absolute Gasteiger partial charge is 0.164 e. The molecule has 5 heteroatoms. The fraction of sp³-hybridized carbons (Fsp3) is 0. The number of hydrogen-bond acceptors (Lipinski definition) is 3. The molecule has 0 saturated carbocycles. The summed E-state index contributed by atoms with van der Waals surface area (Å²) in [7, 11) is 0. The average molecular weight is 509 g/mol. The topological polar surface area (TPSA) is 43.6 Å². The molecule has 0 bridgehead atoms. The molecular weight excluding hydrogens is 488 g/mol. The predicted octanol–water partition coefficient (Wildman–Crippen LogP) is 8.62. The second-order valence-electron chi connectivity index (χ2n) is 9.07. The maximum absolute atomic E-state index is 6.99. The van der Waals surface area contributed by atoms with Crippen molar-refractivity contribution >= 4 is 33.4 Å². The number of fused-ring (bicyclic) bond motifs is 3. The summed E-state index contributed by atoms with van der Waals surface area (Å²) in [4.78, 5) is 14.5. The van der Waals surface area contributed by atoms with E-state index in [1.54, 1.807) is 0 Å². The number of benzene rings is 5. The number of rotatable bonds is 4. The molecule has 4 nitrogen and oxygen atoms in total. The summed E-state index contributed by atoms with van der Waals surface area (Å²) in [5, 5.41) is 3.01. The summed E-state index contributed by atoms with van der Waals surface area (Å²) < 4.78 is 2.22. The third-order valence-corrected chi connectivity index (χ3v) is 7.03. The molecule has 0 atom stereocenters. The van der Waals surface area contributed by atoms with E-state index in [-0.39, 0.29) is 0 Å². The first-order valence-electron chi connectivity index (χ1n) is 12.4. The highest BCUT2D eigenvalue weighted by atomic mass is 35.5. The van der Waals surface area contributed by atoms with Gasteiger partial charge in [0.25, 0.3) is 0 Å². The first kappa shape index (κ1) is 22.4. The van der Waals surface area contributed by atoms with E-state index in [2.05, 4.69) is 53.1 Å². The van der Waals surface area contributed by atoms with Crippen LogP contribution in [0.15, 0.2) is 127 Å². The second-order valence-corrected chi connectivity index (χ2v) is 9.48. The van der Waals surface area contributed by atoms with Crippen LogP contribution in [0.25, 0.3) is 61.7 Å². The number of halogens is 1. The Hall–Kier alpha value is -4.80. The summed E-state index contributed by atoms with van der Waals surface area (Å²) in [5.74, 6) is 1.82. The van der Waals surface area contributed by atoms with Gasteiger partial charge >= 0.3 is 0 Å². The van der Waals surface area contributed by atoms with Gasteiger partial charge in [-0.15, -0.1) is 0 Å². The van der Waals surface area contributed by atoms with Gasteiger partial charge in [0.15, 0.2) is 17.5 Å². The fourth-order valence-electron chi connectivity index (χ4n) is 4.95. The molecule has 0 aliphatic carbocycles.